The van der Waals surface area contributed by atoms with Crippen LogP contribution < -0.4 is 5.73 Å². The topological polar surface area (TPSA) is 56.7 Å². The van der Waals surface area contributed by atoms with Crippen LogP contribution in [0.15, 0.2) is 12.5 Å². The fourth-order valence-electron chi connectivity index (χ4n) is 1.93. The molecule has 2 N–H and O–H groups in total. The number of nitrogens with zero attached hydrogens (tertiary/aromatic N) is 3. The fraction of sp³-hybridized carbons (Fsp3) is 0.333. The average Bonchev–Trinajstić information content (AvgIpc) is 2.60. The first kappa shape index (κ1) is 10.5. The summed E-state index contributed by atoms with van der Waals surface area (Å²) >= 11 is 0. The van der Waals surface area contributed by atoms with Gasteiger partial charge in [-0.15, -0.1) is 6.42 Å². The molecule has 4 nitrogen and oxygen atoms in total. The standard InChI is InChI=1S/C12H14N4/c1-4-9(5-2)16-6-8(3)10-11(13)14-7-15-12(10)16/h1,6-7,9H,5H2,2-3H3,(H2,13,14,15). The molecule has 2 aromatic heterocycles. The molecule has 2 heterocycles. The molecule has 0 amide bonds. The highest BCUT2D eigenvalue weighted by Gasteiger charge is 2.14. The van der Waals surface area contributed by atoms with Gasteiger partial charge < -0.3 is 10.3 Å². The summed E-state index contributed by atoms with van der Waals surface area (Å²) < 4.78 is 1.99. The van der Waals surface area contributed by atoms with E-state index in [0.29, 0.717) is 5.82 Å². The Kier molecular flexibility index (Phi) is 2.53. The van der Waals surface area contributed by atoms with Gasteiger partial charge in [-0.1, -0.05) is 12.8 Å². The maximum atomic E-state index is 5.84. The van der Waals surface area contributed by atoms with Gasteiger partial charge in [-0.05, 0) is 18.9 Å². The van der Waals surface area contributed by atoms with Gasteiger partial charge in [0, 0.05) is 6.20 Å². The van der Waals surface area contributed by atoms with Gasteiger partial charge >= 0.3 is 0 Å². The maximum absolute atomic E-state index is 5.84. The normalized spacial score (nSPS) is 12.6. The molecule has 1 atom stereocenters. The van der Waals surface area contributed by atoms with E-state index in [1.165, 1.54) is 6.33 Å². The minimum absolute atomic E-state index is 0.0190. The van der Waals surface area contributed by atoms with Gasteiger partial charge in [0.15, 0.2) is 0 Å². The molecule has 1 unspecified atom stereocenters. The van der Waals surface area contributed by atoms with E-state index >= 15 is 0 Å². The molecule has 0 aliphatic rings. The lowest BCUT2D eigenvalue weighted by Crippen LogP contribution is -2.05. The zero-order chi connectivity index (χ0) is 11.7. The minimum atomic E-state index is 0.0190. The number of terminal acetylenes is 1. The molecule has 0 fully saturated rings. The summed E-state index contributed by atoms with van der Waals surface area (Å²) in [4.78, 5) is 8.25. The van der Waals surface area contributed by atoms with Crippen molar-refractivity contribution in [3.05, 3.63) is 18.1 Å². The zero-order valence-electron chi connectivity index (χ0n) is 9.44. The highest BCUT2D eigenvalue weighted by Crippen LogP contribution is 2.26. The van der Waals surface area contributed by atoms with Crippen LogP contribution >= 0.6 is 0 Å². The molecule has 2 rings (SSSR count). The molecule has 0 aliphatic carbocycles. The lowest BCUT2D eigenvalue weighted by atomic mass is 10.2. The third-order valence-corrected chi connectivity index (χ3v) is 2.74. The van der Waals surface area contributed by atoms with E-state index in [1.54, 1.807) is 0 Å². The smallest absolute Gasteiger partial charge is 0.146 e. The third kappa shape index (κ3) is 1.41. The number of hydrogen-bond acceptors (Lipinski definition) is 3. The van der Waals surface area contributed by atoms with Crippen molar-refractivity contribution >= 4 is 16.9 Å². The molecule has 0 aliphatic heterocycles. The molecule has 2 aromatic rings. The Labute approximate surface area is 94.5 Å². The van der Waals surface area contributed by atoms with Crippen molar-refractivity contribution in [3.63, 3.8) is 0 Å². The van der Waals surface area contributed by atoms with Crippen LogP contribution in [0.1, 0.15) is 24.9 Å². The fourth-order valence-corrected chi connectivity index (χ4v) is 1.93. The Morgan fingerprint density at radius 1 is 1.56 bits per heavy atom. The van der Waals surface area contributed by atoms with Gasteiger partial charge in [-0.25, -0.2) is 9.97 Å². The molecule has 0 aromatic carbocycles. The Morgan fingerprint density at radius 3 is 2.94 bits per heavy atom. The highest BCUT2D eigenvalue weighted by molar-refractivity contribution is 5.89. The maximum Gasteiger partial charge on any atom is 0.146 e. The Bertz CT molecular complexity index is 562. The number of hydrogen-bond donors (Lipinski definition) is 1. The van der Waals surface area contributed by atoms with Gasteiger partial charge in [-0.3, -0.25) is 0 Å². The molecule has 82 valence electrons. The second kappa shape index (κ2) is 3.86. The van der Waals surface area contributed by atoms with E-state index in [1.807, 2.05) is 17.7 Å². The molecule has 16 heavy (non-hydrogen) atoms. The van der Waals surface area contributed by atoms with Crippen LogP contribution in [0, 0.1) is 19.3 Å². The molecule has 4 heteroatoms. The second-order valence-corrected chi connectivity index (χ2v) is 3.77. The Balaban J connectivity index is 2.74. The van der Waals surface area contributed by atoms with Gasteiger partial charge in [0.25, 0.3) is 0 Å². The summed E-state index contributed by atoms with van der Waals surface area (Å²) in [6.45, 7) is 4.04. The van der Waals surface area contributed by atoms with Gasteiger partial charge in [0.05, 0.1) is 11.4 Å². The lowest BCUT2D eigenvalue weighted by molar-refractivity contribution is 0.619. The molecular weight excluding hydrogens is 200 g/mol. The summed E-state index contributed by atoms with van der Waals surface area (Å²) in [6, 6.07) is 0.0190. The number of anilines is 1. The van der Waals surface area contributed by atoms with Gasteiger partial charge in [0.1, 0.15) is 17.8 Å². The summed E-state index contributed by atoms with van der Waals surface area (Å²) in [5.74, 6) is 3.26. The molecule has 0 bridgehead atoms. The van der Waals surface area contributed by atoms with E-state index in [0.717, 1.165) is 23.0 Å². The van der Waals surface area contributed by atoms with Crippen molar-refractivity contribution in [3.8, 4) is 12.3 Å². The van der Waals surface area contributed by atoms with E-state index in [2.05, 4.69) is 22.8 Å². The predicted octanol–water partition coefficient (Wildman–Crippen LogP) is 1.91. The number of aryl methyl sites for hydroxylation is 1. The first-order valence-electron chi connectivity index (χ1n) is 5.22. The van der Waals surface area contributed by atoms with Crippen molar-refractivity contribution < 1.29 is 0 Å². The van der Waals surface area contributed by atoms with E-state index in [9.17, 15) is 0 Å². The SMILES string of the molecule is C#CC(CC)n1cc(C)c2c(N)ncnc21. The molecule has 0 saturated heterocycles. The highest BCUT2D eigenvalue weighted by atomic mass is 15.1. The van der Waals surface area contributed by atoms with E-state index in [4.69, 9.17) is 12.2 Å². The van der Waals surface area contributed by atoms with Crippen LogP contribution in [0.3, 0.4) is 0 Å². The molecule has 0 radical (unpaired) electrons. The first-order chi connectivity index (χ1) is 7.69. The van der Waals surface area contributed by atoms with Crippen molar-refractivity contribution in [2.24, 2.45) is 0 Å². The third-order valence-electron chi connectivity index (χ3n) is 2.74. The van der Waals surface area contributed by atoms with Crippen molar-refractivity contribution in [1.82, 2.24) is 14.5 Å². The number of nitrogens with two attached hydrogens (primary N) is 1. The summed E-state index contributed by atoms with van der Waals surface area (Å²) in [5, 5.41) is 0.899. The lowest BCUT2D eigenvalue weighted by Gasteiger charge is -2.10. The Morgan fingerprint density at radius 2 is 2.31 bits per heavy atom. The monoisotopic (exact) mass is 214 g/mol. The summed E-state index contributed by atoms with van der Waals surface area (Å²) in [6.07, 6.45) is 9.83. The number of aromatic nitrogens is 3. The number of rotatable bonds is 2. The number of nitrogen functional groups attached to an aromatic ring is 1. The summed E-state index contributed by atoms with van der Waals surface area (Å²) in [7, 11) is 0. The number of fused-ring (bicyclic) bond motifs is 1. The summed E-state index contributed by atoms with van der Waals surface area (Å²) in [5.41, 5.74) is 7.71. The van der Waals surface area contributed by atoms with Crippen LogP contribution in [0.4, 0.5) is 5.82 Å². The largest absolute Gasteiger partial charge is 0.383 e. The quantitative estimate of drug-likeness (QED) is 0.777. The van der Waals surface area contributed by atoms with Crippen LogP contribution in [0.5, 0.6) is 0 Å². The Hall–Kier alpha value is -2.02. The van der Waals surface area contributed by atoms with Crippen molar-refractivity contribution in [2.45, 2.75) is 26.3 Å². The molecule has 0 saturated carbocycles. The van der Waals surface area contributed by atoms with E-state index in [-0.39, 0.29) is 6.04 Å². The first-order valence-corrected chi connectivity index (χ1v) is 5.22. The van der Waals surface area contributed by atoms with Gasteiger partial charge in [0.2, 0.25) is 0 Å². The van der Waals surface area contributed by atoms with Crippen molar-refractivity contribution in [1.29, 1.82) is 0 Å². The zero-order valence-corrected chi connectivity index (χ0v) is 9.44. The minimum Gasteiger partial charge on any atom is -0.383 e. The van der Waals surface area contributed by atoms with Crippen LogP contribution in [-0.4, -0.2) is 14.5 Å². The van der Waals surface area contributed by atoms with Crippen LogP contribution in [0.2, 0.25) is 0 Å². The van der Waals surface area contributed by atoms with Crippen LogP contribution in [0.25, 0.3) is 11.0 Å². The van der Waals surface area contributed by atoms with Crippen molar-refractivity contribution in [2.75, 3.05) is 5.73 Å². The average molecular weight is 214 g/mol. The van der Waals surface area contributed by atoms with E-state index < -0.39 is 0 Å². The predicted molar refractivity (Wildman–Crippen MR) is 64.8 cm³/mol. The van der Waals surface area contributed by atoms with Gasteiger partial charge in [-0.2, -0.15) is 0 Å². The molecular formula is C12H14N4. The van der Waals surface area contributed by atoms with Crippen LogP contribution in [-0.2, 0) is 0 Å². The molecule has 0 spiro atoms. The second-order valence-electron chi connectivity index (χ2n) is 3.77.